The highest BCUT2D eigenvalue weighted by molar-refractivity contribution is 5.88. The molecule has 0 rings (SSSR count). The van der Waals surface area contributed by atoms with Gasteiger partial charge in [-0.1, -0.05) is 13.2 Å². The number of nitrogens with one attached hydrogen (secondary N) is 4. The molecule has 4 N–H and O–H groups in total. The summed E-state index contributed by atoms with van der Waals surface area (Å²) in [5.41, 5.74) is 3.75. The largest absolute Gasteiger partial charge is 0.358 e. The monoisotopic (exact) mass is 300 g/mol. The Morgan fingerprint density at radius 1 is 0.810 bits per heavy atom. The normalized spacial score (nSPS) is 8.86. The van der Waals surface area contributed by atoms with E-state index in [1.165, 1.54) is 13.8 Å². The van der Waals surface area contributed by atoms with E-state index < -0.39 is 24.0 Å². The summed E-state index contributed by atoms with van der Waals surface area (Å²) in [4.78, 5) is 52.7. The van der Waals surface area contributed by atoms with E-state index in [2.05, 4.69) is 33.5 Å². The maximum absolute atomic E-state index is 11.1. The van der Waals surface area contributed by atoms with Crippen molar-refractivity contribution in [1.82, 2.24) is 21.6 Å². The van der Waals surface area contributed by atoms with Crippen molar-refractivity contribution < 1.29 is 28.9 Å². The minimum Gasteiger partial charge on any atom is -0.334 e. The smallest absolute Gasteiger partial charge is 0.334 e. The SMILES string of the molecule is C=C(C)C(=O)ONC(=O)NCNC(=O)NOC(=O)C(=C)C. The molecule has 0 aromatic rings. The molecule has 0 saturated carbocycles. The summed E-state index contributed by atoms with van der Waals surface area (Å²) >= 11 is 0. The zero-order chi connectivity index (χ0) is 16.4. The van der Waals surface area contributed by atoms with Crippen molar-refractivity contribution in [1.29, 1.82) is 0 Å². The van der Waals surface area contributed by atoms with Crippen LogP contribution in [0.3, 0.4) is 0 Å². The lowest BCUT2D eigenvalue weighted by Crippen LogP contribution is -2.46. The molecule has 116 valence electrons. The minimum atomic E-state index is -0.871. The fraction of sp³-hybridized carbons (Fsp3) is 0.273. The van der Waals surface area contributed by atoms with Crippen molar-refractivity contribution in [2.75, 3.05) is 6.67 Å². The molecule has 0 unspecified atom stereocenters. The van der Waals surface area contributed by atoms with E-state index in [9.17, 15) is 19.2 Å². The number of hydrogen-bond donors (Lipinski definition) is 4. The van der Waals surface area contributed by atoms with E-state index in [1.54, 1.807) is 11.0 Å². The molecular weight excluding hydrogens is 284 g/mol. The van der Waals surface area contributed by atoms with Crippen LogP contribution in [0.1, 0.15) is 13.8 Å². The van der Waals surface area contributed by atoms with Gasteiger partial charge in [0, 0.05) is 11.1 Å². The van der Waals surface area contributed by atoms with E-state index in [4.69, 9.17) is 0 Å². The molecule has 0 aliphatic rings. The average molecular weight is 300 g/mol. The van der Waals surface area contributed by atoms with Crippen LogP contribution in [0.5, 0.6) is 0 Å². The third kappa shape index (κ3) is 8.64. The molecular formula is C11H16N4O6. The van der Waals surface area contributed by atoms with Gasteiger partial charge in [-0.05, 0) is 13.8 Å². The summed E-state index contributed by atoms with van der Waals surface area (Å²) in [6, 6.07) is -1.74. The van der Waals surface area contributed by atoms with Gasteiger partial charge in [-0.15, -0.1) is 0 Å². The van der Waals surface area contributed by atoms with Crippen molar-refractivity contribution in [3.05, 3.63) is 24.3 Å². The molecule has 21 heavy (non-hydrogen) atoms. The second-order valence-electron chi connectivity index (χ2n) is 3.73. The first-order valence-corrected chi connectivity index (χ1v) is 5.55. The number of hydrogen-bond acceptors (Lipinski definition) is 6. The molecule has 0 bridgehead atoms. The third-order valence-electron chi connectivity index (χ3n) is 1.67. The molecule has 0 saturated heterocycles. The Hall–Kier alpha value is -3.04. The maximum atomic E-state index is 11.1. The number of carbonyl (C=O) groups is 4. The van der Waals surface area contributed by atoms with E-state index in [0.29, 0.717) is 0 Å². The molecule has 0 fully saturated rings. The van der Waals surface area contributed by atoms with E-state index in [-0.39, 0.29) is 17.8 Å². The summed E-state index contributed by atoms with van der Waals surface area (Å²) in [5.74, 6) is -1.61. The summed E-state index contributed by atoms with van der Waals surface area (Å²) in [7, 11) is 0. The van der Waals surface area contributed by atoms with Crippen LogP contribution in [0.25, 0.3) is 0 Å². The van der Waals surface area contributed by atoms with Crippen molar-refractivity contribution in [3.63, 3.8) is 0 Å². The topological polar surface area (TPSA) is 135 Å². The predicted molar refractivity (Wildman–Crippen MR) is 70.0 cm³/mol. The standard InChI is InChI=1S/C11H16N4O6/c1-6(2)8(16)20-14-10(18)12-5-13-11(19)15-21-9(17)7(3)4/h1,3,5H2,2,4H3,(H2,12,14,18)(H2,13,15,19). The quantitative estimate of drug-likeness (QED) is 0.317. The van der Waals surface area contributed by atoms with Crippen LogP contribution in [0.4, 0.5) is 9.59 Å². The van der Waals surface area contributed by atoms with Gasteiger partial charge < -0.3 is 20.3 Å². The maximum Gasteiger partial charge on any atom is 0.358 e. The lowest BCUT2D eigenvalue weighted by atomic mass is 10.4. The van der Waals surface area contributed by atoms with Gasteiger partial charge >= 0.3 is 24.0 Å². The predicted octanol–water partition coefficient (Wildman–Crippen LogP) is -0.389. The number of hydroxylamine groups is 2. The molecule has 10 heteroatoms. The molecule has 0 aromatic heterocycles. The second-order valence-corrected chi connectivity index (χ2v) is 3.73. The van der Waals surface area contributed by atoms with Gasteiger partial charge in [0.15, 0.2) is 0 Å². The van der Waals surface area contributed by atoms with Crippen LogP contribution in [0.2, 0.25) is 0 Å². The van der Waals surface area contributed by atoms with Gasteiger partial charge in [0.05, 0.1) is 6.67 Å². The highest BCUT2D eigenvalue weighted by Crippen LogP contribution is 1.89. The molecule has 0 radical (unpaired) electrons. The Balaban J connectivity index is 3.78. The van der Waals surface area contributed by atoms with Crippen LogP contribution in [0.15, 0.2) is 24.3 Å². The van der Waals surface area contributed by atoms with Gasteiger partial charge in [0.2, 0.25) is 0 Å². The lowest BCUT2D eigenvalue weighted by Gasteiger charge is -2.09. The highest BCUT2D eigenvalue weighted by atomic mass is 16.7. The lowest BCUT2D eigenvalue weighted by molar-refractivity contribution is -0.144. The first kappa shape index (κ1) is 18.0. The Labute approximate surface area is 120 Å². The summed E-state index contributed by atoms with van der Waals surface area (Å²) < 4.78 is 0. The first-order valence-electron chi connectivity index (χ1n) is 5.55. The highest BCUT2D eigenvalue weighted by Gasteiger charge is 2.08. The molecule has 10 nitrogen and oxygen atoms in total. The zero-order valence-corrected chi connectivity index (χ0v) is 11.6. The summed E-state index contributed by atoms with van der Waals surface area (Å²) in [6.07, 6.45) is 0. The Morgan fingerprint density at radius 2 is 1.14 bits per heavy atom. The van der Waals surface area contributed by atoms with Crippen molar-refractivity contribution >= 4 is 24.0 Å². The fourth-order valence-electron chi connectivity index (χ4n) is 0.637. The number of carbonyl (C=O) groups excluding carboxylic acids is 4. The number of amides is 4. The van der Waals surface area contributed by atoms with Gasteiger partial charge in [-0.25, -0.2) is 19.2 Å². The van der Waals surface area contributed by atoms with E-state index >= 15 is 0 Å². The summed E-state index contributed by atoms with van der Waals surface area (Å²) in [6.45, 7) is 9.11. The van der Waals surface area contributed by atoms with Crippen molar-refractivity contribution in [2.24, 2.45) is 0 Å². The van der Waals surface area contributed by atoms with Gasteiger partial charge in [-0.2, -0.15) is 11.0 Å². The molecule has 0 aliphatic heterocycles. The second kappa shape index (κ2) is 8.96. The van der Waals surface area contributed by atoms with Gasteiger partial charge in [0.25, 0.3) is 0 Å². The average Bonchev–Trinajstić information content (AvgIpc) is 2.41. The number of urea groups is 2. The van der Waals surface area contributed by atoms with Crippen LogP contribution >= 0.6 is 0 Å². The van der Waals surface area contributed by atoms with Crippen molar-refractivity contribution in [3.8, 4) is 0 Å². The van der Waals surface area contributed by atoms with Crippen LogP contribution < -0.4 is 21.6 Å². The Bertz CT molecular complexity index is 431. The first-order chi connectivity index (χ1) is 9.73. The Kier molecular flexibility index (Phi) is 7.66. The Morgan fingerprint density at radius 3 is 1.43 bits per heavy atom. The van der Waals surface area contributed by atoms with Gasteiger partial charge in [0.1, 0.15) is 0 Å². The zero-order valence-electron chi connectivity index (χ0n) is 11.6. The van der Waals surface area contributed by atoms with Crippen molar-refractivity contribution in [2.45, 2.75) is 13.8 Å². The van der Waals surface area contributed by atoms with Crippen LogP contribution in [-0.4, -0.2) is 30.7 Å². The molecule has 0 spiro atoms. The number of rotatable bonds is 4. The van der Waals surface area contributed by atoms with Crippen LogP contribution in [-0.2, 0) is 19.3 Å². The molecule has 0 heterocycles. The fourth-order valence-corrected chi connectivity index (χ4v) is 0.637. The van der Waals surface area contributed by atoms with Crippen LogP contribution in [0, 0.1) is 0 Å². The minimum absolute atomic E-state index is 0.104. The summed E-state index contributed by atoms with van der Waals surface area (Å²) in [5, 5.41) is 4.26. The molecule has 0 aromatic carbocycles. The third-order valence-corrected chi connectivity index (χ3v) is 1.67. The molecule has 4 amide bonds. The van der Waals surface area contributed by atoms with E-state index in [1.807, 2.05) is 0 Å². The van der Waals surface area contributed by atoms with E-state index in [0.717, 1.165) is 0 Å². The molecule has 0 atom stereocenters. The molecule has 0 aliphatic carbocycles. The van der Waals surface area contributed by atoms with Gasteiger partial charge in [-0.3, -0.25) is 0 Å².